The van der Waals surface area contributed by atoms with E-state index in [4.69, 9.17) is 0 Å². The Kier molecular flexibility index (Phi) is 11.1. The zero-order valence-electron chi connectivity index (χ0n) is 22.7. The summed E-state index contributed by atoms with van der Waals surface area (Å²) in [4.78, 5) is 0. The molecule has 2 rings (SSSR count). The van der Waals surface area contributed by atoms with Gasteiger partial charge in [0, 0.05) is 0 Å². The van der Waals surface area contributed by atoms with Crippen molar-refractivity contribution >= 4 is 0 Å². The van der Waals surface area contributed by atoms with Gasteiger partial charge in [-0.3, -0.25) is 0 Å². The van der Waals surface area contributed by atoms with Crippen LogP contribution in [0.2, 0.25) is 0 Å². The number of phenolic OH excluding ortho intramolecular Hbond substituents is 1. The number of aryl methyl sites for hydroxylation is 2. The molecule has 1 saturated carbocycles. The van der Waals surface area contributed by atoms with Crippen LogP contribution in [0.4, 0.5) is 0 Å². The van der Waals surface area contributed by atoms with E-state index >= 15 is 0 Å². The predicted octanol–water partition coefficient (Wildman–Crippen LogP) is 9.51. The van der Waals surface area contributed by atoms with Gasteiger partial charge in [-0.05, 0) is 91.2 Å². The third-order valence-electron chi connectivity index (χ3n) is 8.57. The van der Waals surface area contributed by atoms with E-state index < -0.39 is 0 Å². The van der Waals surface area contributed by atoms with Crippen molar-refractivity contribution in [2.45, 2.75) is 120 Å². The fourth-order valence-corrected chi connectivity index (χ4v) is 5.97. The molecule has 0 aliphatic heterocycles. The lowest BCUT2D eigenvalue weighted by Crippen LogP contribution is -2.05. The molecule has 1 heteroatoms. The molecule has 0 saturated heterocycles. The molecule has 1 aliphatic rings. The molecule has 0 bridgehead atoms. The Morgan fingerprint density at radius 3 is 1.94 bits per heavy atom. The maximum atomic E-state index is 10.5. The largest absolute Gasteiger partial charge is 0.507 e. The average molecular weight is 443 g/mol. The maximum Gasteiger partial charge on any atom is 0.121 e. The minimum absolute atomic E-state index is 0.528. The molecular weight excluding hydrogens is 388 g/mol. The molecule has 0 amide bonds. The minimum atomic E-state index is 0.528. The van der Waals surface area contributed by atoms with Crippen molar-refractivity contribution in [2.24, 2.45) is 41.4 Å². The first kappa shape index (κ1) is 27.3. The van der Waals surface area contributed by atoms with Crippen molar-refractivity contribution in [3.8, 4) is 5.75 Å². The van der Waals surface area contributed by atoms with Crippen molar-refractivity contribution in [3.05, 3.63) is 28.8 Å². The van der Waals surface area contributed by atoms with Gasteiger partial charge < -0.3 is 5.11 Å². The van der Waals surface area contributed by atoms with Gasteiger partial charge >= 0.3 is 0 Å². The van der Waals surface area contributed by atoms with Crippen LogP contribution in [0.3, 0.4) is 0 Å². The van der Waals surface area contributed by atoms with E-state index in [2.05, 4.69) is 54.5 Å². The molecule has 1 aliphatic carbocycles. The number of phenols is 1. The molecule has 184 valence electrons. The fourth-order valence-electron chi connectivity index (χ4n) is 5.97. The van der Waals surface area contributed by atoms with Crippen LogP contribution in [-0.2, 0) is 6.42 Å². The van der Waals surface area contributed by atoms with Gasteiger partial charge in [0.2, 0.25) is 0 Å². The summed E-state index contributed by atoms with van der Waals surface area (Å²) in [6.07, 6.45) is 13.7. The van der Waals surface area contributed by atoms with E-state index in [1.54, 1.807) is 0 Å². The monoisotopic (exact) mass is 442 g/mol. The first-order valence-electron chi connectivity index (χ1n) is 13.9. The van der Waals surface area contributed by atoms with Crippen LogP contribution in [0.25, 0.3) is 0 Å². The quantitative estimate of drug-likeness (QED) is 0.287. The summed E-state index contributed by atoms with van der Waals surface area (Å²) in [5.41, 5.74) is 3.42. The van der Waals surface area contributed by atoms with Gasteiger partial charge in [0.25, 0.3) is 0 Å². The Labute approximate surface area is 200 Å². The summed E-state index contributed by atoms with van der Waals surface area (Å²) < 4.78 is 0. The van der Waals surface area contributed by atoms with Crippen LogP contribution in [0.1, 0.15) is 116 Å². The maximum absolute atomic E-state index is 10.5. The Morgan fingerprint density at radius 1 is 0.750 bits per heavy atom. The molecule has 0 spiro atoms. The molecule has 1 aromatic carbocycles. The third-order valence-corrected chi connectivity index (χ3v) is 8.57. The minimum Gasteiger partial charge on any atom is -0.507 e. The van der Waals surface area contributed by atoms with Crippen molar-refractivity contribution in [1.29, 1.82) is 0 Å². The topological polar surface area (TPSA) is 20.2 Å². The van der Waals surface area contributed by atoms with Crippen LogP contribution in [0.15, 0.2) is 12.1 Å². The standard InChI is InChI=1S/C31H54O/c1-21(2)11-9-12-22(3)13-10-14-23(4)15-18-28-27(8)30(28)20-24(5)19-29-25(6)16-17-26(7)31(29)32/h16-17,21-24,27-28,30,32H,9-15,18-20H2,1-8H3/t22?,23?,24-,27?,28?,30?/m0/s1. The molecule has 1 N–H and O–H groups in total. The second-order valence-corrected chi connectivity index (χ2v) is 12.3. The lowest BCUT2D eigenvalue weighted by Gasteiger charge is -2.16. The van der Waals surface area contributed by atoms with Crippen molar-refractivity contribution < 1.29 is 5.11 Å². The highest BCUT2D eigenvalue weighted by molar-refractivity contribution is 5.44. The summed E-state index contributed by atoms with van der Waals surface area (Å²) in [6, 6.07) is 4.19. The van der Waals surface area contributed by atoms with Gasteiger partial charge in [-0.2, -0.15) is 0 Å². The Bertz CT molecular complexity index is 675. The highest BCUT2D eigenvalue weighted by Crippen LogP contribution is 2.53. The molecule has 1 aromatic rings. The predicted molar refractivity (Wildman–Crippen MR) is 141 cm³/mol. The van der Waals surface area contributed by atoms with E-state index in [1.807, 2.05) is 13.0 Å². The molecule has 0 radical (unpaired) electrons. The van der Waals surface area contributed by atoms with Crippen molar-refractivity contribution in [3.63, 3.8) is 0 Å². The molecule has 1 fully saturated rings. The average Bonchev–Trinajstić information content (AvgIpc) is 3.33. The van der Waals surface area contributed by atoms with Gasteiger partial charge in [-0.15, -0.1) is 0 Å². The Morgan fingerprint density at radius 2 is 1.31 bits per heavy atom. The fraction of sp³-hybridized carbons (Fsp3) is 0.806. The van der Waals surface area contributed by atoms with E-state index in [-0.39, 0.29) is 0 Å². The summed E-state index contributed by atoms with van der Waals surface area (Å²) in [5.74, 6) is 6.58. The van der Waals surface area contributed by atoms with Gasteiger partial charge in [0.15, 0.2) is 0 Å². The number of rotatable bonds is 15. The van der Waals surface area contributed by atoms with Gasteiger partial charge in [-0.25, -0.2) is 0 Å². The second kappa shape index (κ2) is 13.0. The molecular formula is C31H54O. The van der Waals surface area contributed by atoms with Gasteiger partial charge in [0.05, 0.1) is 0 Å². The molecule has 0 heterocycles. The number of benzene rings is 1. The zero-order valence-corrected chi connectivity index (χ0v) is 22.7. The number of hydrogen-bond donors (Lipinski definition) is 1. The summed E-state index contributed by atoms with van der Waals surface area (Å²) in [5, 5.41) is 10.5. The first-order valence-corrected chi connectivity index (χ1v) is 13.9. The second-order valence-electron chi connectivity index (χ2n) is 12.3. The number of aromatic hydroxyl groups is 1. The zero-order chi connectivity index (χ0) is 23.8. The van der Waals surface area contributed by atoms with Crippen LogP contribution < -0.4 is 0 Å². The van der Waals surface area contributed by atoms with E-state index in [9.17, 15) is 5.11 Å². The lowest BCUT2D eigenvalue weighted by atomic mass is 9.90. The SMILES string of the molecule is Cc1ccc(C)c(C[C@H](C)CC2C(C)C2CCC(C)CCCC(C)CCCC(C)C)c1O. The number of hydrogen-bond acceptors (Lipinski definition) is 1. The van der Waals surface area contributed by atoms with E-state index in [1.165, 1.54) is 68.9 Å². The molecule has 0 aromatic heterocycles. The Balaban J connectivity index is 1.63. The van der Waals surface area contributed by atoms with Gasteiger partial charge in [-0.1, -0.05) is 98.6 Å². The van der Waals surface area contributed by atoms with Crippen molar-refractivity contribution in [1.82, 2.24) is 0 Å². The van der Waals surface area contributed by atoms with Crippen LogP contribution >= 0.6 is 0 Å². The highest BCUT2D eigenvalue weighted by Gasteiger charge is 2.45. The van der Waals surface area contributed by atoms with Crippen molar-refractivity contribution in [2.75, 3.05) is 0 Å². The first-order chi connectivity index (χ1) is 15.1. The third kappa shape index (κ3) is 8.75. The van der Waals surface area contributed by atoms with Crippen LogP contribution in [0, 0.1) is 55.3 Å². The van der Waals surface area contributed by atoms with Gasteiger partial charge in [0.1, 0.15) is 5.75 Å². The smallest absolute Gasteiger partial charge is 0.121 e. The summed E-state index contributed by atoms with van der Waals surface area (Å²) in [6.45, 7) is 18.6. The highest BCUT2D eigenvalue weighted by atomic mass is 16.3. The molecule has 5 unspecified atom stereocenters. The van der Waals surface area contributed by atoms with E-state index in [0.29, 0.717) is 11.7 Å². The lowest BCUT2D eigenvalue weighted by molar-refractivity contribution is 0.378. The van der Waals surface area contributed by atoms with Crippen LogP contribution in [0.5, 0.6) is 5.75 Å². The summed E-state index contributed by atoms with van der Waals surface area (Å²) in [7, 11) is 0. The van der Waals surface area contributed by atoms with E-state index in [0.717, 1.165) is 47.5 Å². The normalized spacial score (nSPS) is 23.3. The molecule has 6 atom stereocenters. The Hall–Kier alpha value is -0.980. The molecule has 32 heavy (non-hydrogen) atoms. The summed E-state index contributed by atoms with van der Waals surface area (Å²) >= 11 is 0. The van der Waals surface area contributed by atoms with Crippen LogP contribution in [-0.4, -0.2) is 5.11 Å². The molecule has 1 nitrogen and oxygen atoms in total.